The Kier molecular flexibility index (Phi) is 5.07. The van der Waals surface area contributed by atoms with Gasteiger partial charge in [-0.1, -0.05) is 29.5 Å². The summed E-state index contributed by atoms with van der Waals surface area (Å²) in [6.45, 7) is 2.62. The minimum Gasteiger partial charge on any atom is -0.294 e. The smallest absolute Gasteiger partial charge is 0.294 e. The first kappa shape index (κ1) is 19.5. The van der Waals surface area contributed by atoms with Crippen molar-refractivity contribution >= 4 is 38.2 Å². The molecule has 1 fully saturated rings. The van der Waals surface area contributed by atoms with E-state index < -0.39 is 10.0 Å². The van der Waals surface area contributed by atoms with Gasteiger partial charge in [0, 0.05) is 30.5 Å². The Balaban J connectivity index is 1.59. The van der Waals surface area contributed by atoms with Gasteiger partial charge in [0.25, 0.3) is 0 Å². The van der Waals surface area contributed by atoms with Gasteiger partial charge in [0.05, 0.1) is 11.4 Å². The van der Waals surface area contributed by atoms with Gasteiger partial charge in [-0.3, -0.25) is 14.8 Å². The molecular weight excluding hydrogens is 410 g/mol. The number of nitrogens with two attached hydrogens (primary N) is 1. The first-order valence-corrected chi connectivity index (χ1v) is 11.3. The molecule has 0 saturated carbocycles. The molecule has 0 radical (unpaired) electrons. The molecule has 0 spiro atoms. The van der Waals surface area contributed by atoms with Crippen LogP contribution in [-0.4, -0.2) is 37.5 Å². The van der Waals surface area contributed by atoms with Gasteiger partial charge in [-0.05, 0) is 37.6 Å². The van der Waals surface area contributed by atoms with Crippen molar-refractivity contribution in [3.05, 3.63) is 54.4 Å². The zero-order valence-corrected chi connectivity index (χ0v) is 17.3. The van der Waals surface area contributed by atoms with Crippen LogP contribution in [0.15, 0.2) is 52.9 Å². The molecule has 3 aromatic rings. The van der Waals surface area contributed by atoms with Crippen LogP contribution in [0.25, 0.3) is 11.3 Å². The van der Waals surface area contributed by atoms with Crippen LogP contribution >= 0.6 is 11.3 Å². The Bertz CT molecular complexity index is 1140. The van der Waals surface area contributed by atoms with E-state index in [4.69, 9.17) is 5.14 Å². The third kappa shape index (κ3) is 3.86. The van der Waals surface area contributed by atoms with E-state index in [0.29, 0.717) is 23.9 Å². The Labute approximate surface area is 172 Å². The lowest BCUT2D eigenvalue weighted by Gasteiger charge is -2.34. The van der Waals surface area contributed by atoms with E-state index in [1.54, 1.807) is 18.0 Å². The van der Waals surface area contributed by atoms with E-state index in [0.717, 1.165) is 34.7 Å². The summed E-state index contributed by atoms with van der Waals surface area (Å²) in [4.78, 5) is 24.8. The molecule has 0 bridgehead atoms. The number of thiazole rings is 1. The standard InChI is InChI=1S/C19H19N5O3S2/c1-13-17(29(20,26)27)28-18(22-13)24-12-4-11-23(19(24)25)15-8-6-14(7-9-15)16-5-2-3-10-21-16/h2-3,5-10H,4,11-12H2,1H3,(H2,20,26,27). The highest BCUT2D eigenvalue weighted by molar-refractivity contribution is 7.91. The number of carbonyl (C=O) groups is 1. The third-order valence-electron chi connectivity index (χ3n) is 4.60. The second kappa shape index (κ2) is 7.54. The molecule has 2 amide bonds. The predicted octanol–water partition coefficient (Wildman–Crippen LogP) is 3.00. The van der Waals surface area contributed by atoms with Gasteiger partial charge >= 0.3 is 6.03 Å². The summed E-state index contributed by atoms with van der Waals surface area (Å²) in [5.74, 6) is 0. The van der Waals surface area contributed by atoms with Gasteiger partial charge in [0.2, 0.25) is 10.0 Å². The van der Waals surface area contributed by atoms with Crippen molar-refractivity contribution in [3.63, 3.8) is 0 Å². The normalized spacial score (nSPS) is 15.0. The van der Waals surface area contributed by atoms with E-state index in [9.17, 15) is 13.2 Å². The number of nitrogens with zero attached hydrogens (tertiary/aromatic N) is 4. The zero-order valence-electron chi connectivity index (χ0n) is 15.6. The Morgan fingerprint density at radius 1 is 1.07 bits per heavy atom. The molecule has 0 unspecified atom stereocenters. The monoisotopic (exact) mass is 429 g/mol. The fraction of sp³-hybridized carbons (Fsp3) is 0.211. The second-order valence-corrected chi connectivity index (χ2v) is 9.35. The molecule has 3 heterocycles. The Morgan fingerprint density at radius 2 is 1.79 bits per heavy atom. The van der Waals surface area contributed by atoms with Gasteiger partial charge in [-0.2, -0.15) is 0 Å². The van der Waals surface area contributed by atoms with E-state index in [2.05, 4.69) is 9.97 Å². The number of amides is 2. The molecule has 0 atom stereocenters. The van der Waals surface area contributed by atoms with Crippen molar-refractivity contribution in [1.29, 1.82) is 0 Å². The molecule has 1 aliphatic rings. The zero-order chi connectivity index (χ0) is 20.6. The number of sulfonamides is 1. The lowest BCUT2D eigenvalue weighted by atomic mass is 10.1. The predicted molar refractivity (Wildman–Crippen MR) is 113 cm³/mol. The summed E-state index contributed by atoms with van der Waals surface area (Å²) in [5.41, 5.74) is 2.89. The molecule has 4 rings (SSSR count). The number of rotatable bonds is 4. The highest BCUT2D eigenvalue weighted by atomic mass is 32.2. The number of primary sulfonamides is 1. The topological polar surface area (TPSA) is 109 Å². The average molecular weight is 430 g/mol. The molecule has 1 saturated heterocycles. The van der Waals surface area contributed by atoms with Crippen molar-refractivity contribution in [3.8, 4) is 11.3 Å². The summed E-state index contributed by atoms with van der Waals surface area (Å²) < 4.78 is 23.4. The fourth-order valence-electron chi connectivity index (χ4n) is 3.23. The second-order valence-electron chi connectivity index (χ2n) is 6.62. The molecule has 1 aromatic carbocycles. The number of pyridine rings is 1. The average Bonchev–Trinajstić information content (AvgIpc) is 3.11. The van der Waals surface area contributed by atoms with Crippen molar-refractivity contribution in [2.24, 2.45) is 5.14 Å². The lowest BCUT2D eigenvalue weighted by molar-refractivity contribution is 0.248. The molecule has 2 N–H and O–H groups in total. The molecule has 8 nitrogen and oxygen atoms in total. The largest absolute Gasteiger partial charge is 0.330 e. The summed E-state index contributed by atoms with van der Waals surface area (Å²) in [7, 11) is -3.87. The van der Waals surface area contributed by atoms with Crippen LogP contribution in [0.1, 0.15) is 12.1 Å². The number of hydrogen-bond donors (Lipinski definition) is 1. The number of benzene rings is 1. The van der Waals surface area contributed by atoms with Crippen molar-refractivity contribution in [2.75, 3.05) is 22.9 Å². The molecule has 150 valence electrons. The summed E-state index contributed by atoms with van der Waals surface area (Å²) in [6, 6.07) is 13.1. The van der Waals surface area contributed by atoms with E-state index in [1.807, 2.05) is 42.5 Å². The van der Waals surface area contributed by atoms with Gasteiger partial charge in [0.15, 0.2) is 9.34 Å². The van der Waals surface area contributed by atoms with Crippen LogP contribution in [-0.2, 0) is 10.0 Å². The SMILES string of the molecule is Cc1nc(N2CCCN(c3ccc(-c4ccccn4)cc3)C2=O)sc1S(N)(=O)=O. The number of carbonyl (C=O) groups excluding carboxylic acids is 1. The first-order valence-electron chi connectivity index (χ1n) is 8.95. The Morgan fingerprint density at radius 3 is 2.41 bits per heavy atom. The van der Waals surface area contributed by atoms with Gasteiger partial charge < -0.3 is 0 Å². The fourth-order valence-corrected chi connectivity index (χ4v) is 5.20. The maximum atomic E-state index is 13.1. The summed E-state index contributed by atoms with van der Waals surface area (Å²) in [6.07, 6.45) is 2.47. The minimum absolute atomic E-state index is 0.0165. The van der Waals surface area contributed by atoms with E-state index >= 15 is 0 Å². The highest BCUT2D eigenvalue weighted by Crippen LogP contribution is 2.32. The van der Waals surface area contributed by atoms with E-state index in [-0.39, 0.29) is 10.2 Å². The first-order chi connectivity index (χ1) is 13.8. The van der Waals surface area contributed by atoms with Gasteiger partial charge in [-0.25, -0.2) is 23.3 Å². The number of aromatic nitrogens is 2. The maximum Gasteiger partial charge on any atom is 0.330 e. The lowest BCUT2D eigenvalue weighted by Crippen LogP contribution is -2.49. The van der Waals surface area contributed by atoms with Crippen LogP contribution in [0.2, 0.25) is 0 Å². The number of hydrogen-bond acceptors (Lipinski definition) is 6. The maximum absolute atomic E-state index is 13.1. The molecule has 2 aromatic heterocycles. The molecular formula is C19H19N5O3S2. The third-order valence-corrected chi connectivity index (χ3v) is 7.33. The number of anilines is 2. The Hall–Kier alpha value is -2.82. The van der Waals surface area contributed by atoms with Crippen LogP contribution in [0, 0.1) is 6.92 Å². The van der Waals surface area contributed by atoms with Crippen molar-refractivity contribution in [1.82, 2.24) is 9.97 Å². The molecule has 1 aliphatic heterocycles. The van der Waals surface area contributed by atoms with Crippen LogP contribution < -0.4 is 14.9 Å². The summed E-state index contributed by atoms with van der Waals surface area (Å²) >= 11 is 0.920. The quantitative estimate of drug-likeness (QED) is 0.686. The highest BCUT2D eigenvalue weighted by Gasteiger charge is 2.31. The molecule has 29 heavy (non-hydrogen) atoms. The van der Waals surface area contributed by atoms with Crippen LogP contribution in [0.3, 0.4) is 0 Å². The number of urea groups is 1. The van der Waals surface area contributed by atoms with Crippen molar-refractivity contribution in [2.45, 2.75) is 17.6 Å². The molecule has 10 heteroatoms. The van der Waals surface area contributed by atoms with E-state index in [1.165, 1.54) is 4.90 Å². The van der Waals surface area contributed by atoms with Crippen LogP contribution in [0.4, 0.5) is 15.6 Å². The van der Waals surface area contributed by atoms with Gasteiger partial charge in [-0.15, -0.1) is 0 Å². The summed E-state index contributed by atoms with van der Waals surface area (Å²) in [5, 5.41) is 5.58. The van der Waals surface area contributed by atoms with Gasteiger partial charge in [0.1, 0.15) is 0 Å². The van der Waals surface area contributed by atoms with Crippen LogP contribution in [0.5, 0.6) is 0 Å². The number of aryl methyl sites for hydroxylation is 1. The van der Waals surface area contributed by atoms with Crippen molar-refractivity contribution < 1.29 is 13.2 Å². The minimum atomic E-state index is -3.87. The molecule has 0 aliphatic carbocycles.